The van der Waals surface area contributed by atoms with Crippen LogP contribution in [0.2, 0.25) is 0 Å². The van der Waals surface area contributed by atoms with Crippen LogP contribution in [0.15, 0.2) is 42.5 Å². The van der Waals surface area contributed by atoms with Gasteiger partial charge in [-0.3, -0.25) is 4.90 Å². The van der Waals surface area contributed by atoms with Crippen LogP contribution < -0.4 is 10.6 Å². The van der Waals surface area contributed by atoms with Crippen molar-refractivity contribution in [2.75, 3.05) is 26.2 Å². The number of nitrogens with zero attached hydrogens (tertiary/aromatic N) is 1. The summed E-state index contributed by atoms with van der Waals surface area (Å²) in [6.45, 7) is 4.88. The Hall–Kier alpha value is -2.11. The van der Waals surface area contributed by atoms with Crippen molar-refractivity contribution in [1.82, 2.24) is 15.5 Å². The van der Waals surface area contributed by atoms with Gasteiger partial charge in [0.15, 0.2) is 0 Å². The molecule has 0 spiro atoms. The second-order valence-corrected chi connectivity index (χ2v) is 6.62. The Morgan fingerprint density at radius 1 is 1.20 bits per heavy atom. The Labute approximate surface area is 149 Å². The average Bonchev–Trinajstić information content (AvgIpc) is 3.48. The number of likely N-dealkylation sites (N-methyl/N-ethyl adjacent to an activating group) is 1. The van der Waals surface area contributed by atoms with Crippen molar-refractivity contribution < 1.29 is 9.90 Å². The Bertz CT molecular complexity index is 715. The topological polar surface area (TPSA) is 64.6 Å². The first kappa shape index (κ1) is 17.7. The maximum atomic E-state index is 11.9. The number of hydrogen-bond acceptors (Lipinski definition) is 3. The summed E-state index contributed by atoms with van der Waals surface area (Å²) in [7, 11) is 0. The third kappa shape index (κ3) is 4.94. The van der Waals surface area contributed by atoms with Gasteiger partial charge in [-0.2, -0.15) is 0 Å². The van der Waals surface area contributed by atoms with Crippen LogP contribution in [0.4, 0.5) is 4.79 Å². The van der Waals surface area contributed by atoms with Gasteiger partial charge in [0.2, 0.25) is 0 Å². The molecule has 0 bridgehead atoms. The van der Waals surface area contributed by atoms with Crippen LogP contribution in [-0.2, 0) is 0 Å². The van der Waals surface area contributed by atoms with Gasteiger partial charge in [0.05, 0.1) is 6.10 Å². The molecule has 1 aliphatic rings. The Morgan fingerprint density at radius 3 is 2.68 bits per heavy atom. The van der Waals surface area contributed by atoms with Crippen LogP contribution >= 0.6 is 0 Å². The number of aliphatic hydroxyl groups excluding tert-OH is 1. The average molecular weight is 341 g/mol. The van der Waals surface area contributed by atoms with E-state index in [0.29, 0.717) is 12.6 Å². The number of rotatable bonds is 8. The maximum Gasteiger partial charge on any atom is 0.314 e. The van der Waals surface area contributed by atoms with Gasteiger partial charge in [-0.05, 0) is 41.8 Å². The number of hydrogen-bond donors (Lipinski definition) is 3. The molecule has 3 N–H and O–H groups in total. The van der Waals surface area contributed by atoms with Gasteiger partial charge in [0.1, 0.15) is 0 Å². The van der Waals surface area contributed by atoms with E-state index >= 15 is 0 Å². The normalized spacial score (nSPS) is 15.3. The zero-order valence-corrected chi connectivity index (χ0v) is 14.7. The summed E-state index contributed by atoms with van der Waals surface area (Å²) in [5.74, 6) is 0. The smallest absolute Gasteiger partial charge is 0.314 e. The first-order valence-corrected chi connectivity index (χ1v) is 9.10. The first-order valence-electron chi connectivity index (χ1n) is 9.10. The molecule has 5 heteroatoms. The highest BCUT2D eigenvalue weighted by molar-refractivity contribution is 5.83. The third-order valence-corrected chi connectivity index (χ3v) is 4.77. The zero-order chi connectivity index (χ0) is 17.6. The molecular formula is C20H27N3O2. The number of nitrogens with one attached hydrogen (secondary N) is 2. The molecule has 134 valence electrons. The van der Waals surface area contributed by atoms with Crippen LogP contribution in [0, 0.1) is 0 Å². The second kappa shape index (κ2) is 8.32. The highest BCUT2D eigenvalue weighted by Crippen LogP contribution is 2.25. The first-order chi connectivity index (χ1) is 12.2. The minimum Gasteiger partial charge on any atom is -0.387 e. The summed E-state index contributed by atoms with van der Waals surface area (Å²) in [5, 5.41) is 18.1. The van der Waals surface area contributed by atoms with Crippen molar-refractivity contribution in [3.8, 4) is 0 Å². The molecule has 0 aromatic heterocycles. The van der Waals surface area contributed by atoms with E-state index in [1.807, 2.05) is 42.5 Å². The van der Waals surface area contributed by atoms with Crippen molar-refractivity contribution in [2.45, 2.75) is 31.9 Å². The number of carbonyl (C=O) groups excluding carboxylic acids is 1. The Morgan fingerprint density at radius 2 is 1.96 bits per heavy atom. The lowest BCUT2D eigenvalue weighted by atomic mass is 10.0. The van der Waals surface area contributed by atoms with E-state index < -0.39 is 6.10 Å². The molecule has 5 nitrogen and oxygen atoms in total. The fourth-order valence-corrected chi connectivity index (χ4v) is 3.14. The monoisotopic (exact) mass is 341 g/mol. The van der Waals surface area contributed by atoms with Crippen molar-refractivity contribution in [3.05, 3.63) is 48.0 Å². The molecule has 25 heavy (non-hydrogen) atoms. The third-order valence-electron chi connectivity index (χ3n) is 4.77. The second-order valence-electron chi connectivity index (χ2n) is 6.62. The van der Waals surface area contributed by atoms with Gasteiger partial charge in [-0.15, -0.1) is 0 Å². The molecule has 1 fully saturated rings. The molecule has 0 aliphatic heterocycles. The van der Waals surface area contributed by atoms with Gasteiger partial charge in [0, 0.05) is 25.7 Å². The predicted octanol–water partition coefficient (Wildman–Crippen LogP) is 2.66. The molecule has 1 unspecified atom stereocenters. The maximum absolute atomic E-state index is 11.9. The Kier molecular flexibility index (Phi) is 5.89. The van der Waals surface area contributed by atoms with Crippen molar-refractivity contribution in [2.24, 2.45) is 0 Å². The molecule has 0 saturated heterocycles. The van der Waals surface area contributed by atoms with E-state index in [0.717, 1.165) is 29.4 Å². The van der Waals surface area contributed by atoms with Gasteiger partial charge < -0.3 is 15.7 Å². The summed E-state index contributed by atoms with van der Waals surface area (Å²) >= 11 is 0. The van der Waals surface area contributed by atoms with Crippen LogP contribution in [0.25, 0.3) is 10.8 Å². The van der Waals surface area contributed by atoms with Crippen molar-refractivity contribution in [3.63, 3.8) is 0 Å². The number of urea groups is 1. The molecule has 3 rings (SSSR count). The summed E-state index contributed by atoms with van der Waals surface area (Å²) in [6.07, 6.45) is 1.84. The number of aliphatic hydroxyl groups is 1. The molecular weight excluding hydrogens is 314 g/mol. The fraction of sp³-hybridized carbons (Fsp3) is 0.450. The number of amides is 2. The van der Waals surface area contributed by atoms with Gasteiger partial charge in [-0.1, -0.05) is 43.3 Å². The van der Waals surface area contributed by atoms with Crippen molar-refractivity contribution in [1.29, 1.82) is 0 Å². The molecule has 2 aromatic rings. The summed E-state index contributed by atoms with van der Waals surface area (Å²) in [6, 6.07) is 14.4. The zero-order valence-electron chi connectivity index (χ0n) is 14.7. The lowest BCUT2D eigenvalue weighted by Gasteiger charge is -2.20. The van der Waals surface area contributed by atoms with Gasteiger partial charge in [0.25, 0.3) is 0 Å². The van der Waals surface area contributed by atoms with E-state index in [2.05, 4.69) is 22.5 Å². The highest BCUT2D eigenvalue weighted by Gasteiger charge is 2.27. The van der Waals surface area contributed by atoms with Gasteiger partial charge >= 0.3 is 6.03 Å². The standard InChI is InChI=1S/C20H27N3O2/c1-2-23(18-9-10-18)12-11-21-20(25)22-14-19(24)17-8-7-15-5-3-4-6-16(15)13-17/h3-8,13,18-19,24H,2,9-12,14H2,1H3,(H2,21,22,25). The molecule has 1 saturated carbocycles. The van der Waals surface area contributed by atoms with E-state index in [1.54, 1.807) is 0 Å². The van der Waals surface area contributed by atoms with E-state index in [4.69, 9.17) is 0 Å². The molecule has 2 amide bonds. The Balaban J connectivity index is 1.42. The minimum absolute atomic E-state index is 0.199. The predicted molar refractivity (Wildman–Crippen MR) is 101 cm³/mol. The summed E-state index contributed by atoms with van der Waals surface area (Å²) < 4.78 is 0. The van der Waals surface area contributed by atoms with E-state index in [1.165, 1.54) is 12.8 Å². The number of fused-ring (bicyclic) bond motifs is 1. The minimum atomic E-state index is -0.714. The number of carbonyl (C=O) groups is 1. The van der Waals surface area contributed by atoms with Crippen molar-refractivity contribution >= 4 is 16.8 Å². The lowest BCUT2D eigenvalue weighted by molar-refractivity contribution is 0.173. The molecule has 2 aromatic carbocycles. The SMILES string of the molecule is CCN(CCNC(=O)NCC(O)c1ccc2ccccc2c1)C1CC1. The quantitative estimate of drug-likeness (QED) is 0.692. The van der Waals surface area contributed by atoms with Crippen LogP contribution in [0.3, 0.4) is 0 Å². The fourth-order valence-electron chi connectivity index (χ4n) is 3.14. The summed E-state index contributed by atoms with van der Waals surface area (Å²) in [5.41, 5.74) is 0.810. The molecule has 0 radical (unpaired) electrons. The van der Waals surface area contributed by atoms with Crippen LogP contribution in [0.5, 0.6) is 0 Å². The molecule has 0 heterocycles. The molecule has 1 atom stereocenters. The highest BCUT2D eigenvalue weighted by atomic mass is 16.3. The van der Waals surface area contributed by atoms with Crippen LogP contribution in [0.1, 0.15) is 31.4 Å². The lowest BCUT2D eigenvalue weighted by Crippen LogP contribution is -2.42. The van der Waals surface area contributed by atoms with Gasteiger partial charge in [-0.25, -0.2) is 4.79 Å². The summed E-state index contributed by atoms with van der Waals surface area (Å²) in [4.78, 5) is 14.3. The van der Waals surface area contributed by atoms with Crippen LogP contribution in [-0.4, -0.2) is 48.3 Å². The largest absolute Gasteiger partial charge is 0.387 e. The van der Waals surface area contributed by atoms with E-state index in [9.17, 15) is 9.90 Å². The number of benzene rings is 2. The van der Waals surface area contributed by atoms with E-state index in [-0.39, 0.29) is 12.6 Å². The molecule has 1 aliphatic carbocycles.